The molecule has 1 amide bonds. The third kappa shape index (κ3) is 3.49. The first-order chi connectivity index (χ1) is 12.1. The van der Waals surface area contributed by atoms with Crippen LogP contribution in [0.4, 0.5) is 0 Å². The molecule has 3 aliphatic rings. The number of nitrogens with one attached hydrogen (secondary N) is 1. The summed E-state index contributed by atoms with van der Waals surface area (Å²) in [5.41, 5.74) is 2.21. The normalized spacial score (nSPS) is 29.4. The van der Waals surface area contributed by atoms with Gasteiger partial charge in [0.15, 0.2) is 0 Å². The molecule has 0 aromatic heterocycles. The number of amides is 1. The summed E-state index contributed by atoms with van der Waals surface area (Å²) >= 11 is 0. The molecule has 4 rings (SSSR count). The molecule has 25 heavy (non-hydrogen) atoms. The predicted molar refractivity (Wildman–Crippen MR) is 96.8 cm³/mol. The summed E-state index contributed by atoms with van der Waals surface area (Å²) in [7, 11) is 0. The summed E-state index contributed by atoms with van der Waals surface area (Å²) in [6, 6.07) is 4.13. The molecular weight excluding hydrogens is 314 g/mol. The number of ether oxygens (including phenoxy) is 2. The van der Waals surface area contributed by atoms with Gasteiger partial charge >= 0.3 is 0 Å². The molecule has 0 radical (unpaired) electrons. The van der Waals surface area contributed by atoms with Gasteiger partial charge in [-0.2, -0.15) is 0 Å². The van der Waals surface area contributed by atoms with E-state index in [1.165, 1.54) is 31.2 Å². The first kappa shape index (κ1) is 16.7. The van der Waals surface area contributed by atoms with E-state index in [0.29, 0.717) is 25.5 Å². The second kappa shape index (κ2) is 6.89. The zero-order valence-corrected chi connectivity index (χ0v) is 15.3. The predicted octanol–water partition coefficient (Wildman–Crippen LogP) is 3.85. The van der Waals surface area contributed by atoms with Crippen molar-refractivity contribution in [2.75, 3.05) is 6.61 Å². The van der Waals surface area contributed by atoms with Crippen LogP contribution in [-0.4, -0.2) is 18.6 Å². The topological polar surface area (TPSA) is 47.6 Å². The van der Waals surface area contributed by atoms with E-state index in [9.17, 15) is 4.79 Å². The van der Waals surface area contributed by atoms with Gasteiger partial charge in [-0.05, 0) is 63.0 Å². The van der Waals surface area contributed by atoms with Crippen molar-refractivity contribution in [3.63, 3.8) is 0 Å². The molecule has 1 aromatic carbocycles. The number of carbonyl (C=O) groups is 1. The van der Waals surface area contributed by atoms with Gasteiger partial charge in [0.1, 0.15) is 17.6 Å². The lowest BCUT2D eigenvalue weighted by Crippen LogP contribution is -2.27. The third-order valence-electron chi connectivity index (χ3n) is 6.19. The van der Waals surface area contributed by atoms with Gasteiger partial charge in [0.05, 0.1) is 6.61 Å². The van der Waals surface area contributed by atoms with Crippen molar-refractivity contribution in [1.82, 2.24) is 5.32 Å². The van der Waals surface area contributed by atoms with Crippen LogP contribution in [-0.2, 0) is 17.8 Å². The fraction of sp³-hybridized carbons (Fsp3) is 0.667. The minimum absolute atomic E-state index is 0.176. The van der Waals surface area contributed by atoms with Gasteiger partial charge in [-0.1, -0.05) is 6.42 Å². The zero-order valence-electron chi connectivity index (χ0n) is 15.3. The number of rotatable bonds is 6. The minimum Gasteiger partial charge on any atom is -0.494 e. The highest BCUT2D eigenvalue weighted by Gasteiger charge is 2.40. The number of fused-ring (bicyclic) bond motifs is 3. The molecule has 2 saturated carbocycles. The molecule has 1 N–H and O–H groups in total. The van der Waals surface area contributed by atoms with Crippen molar-refractivity contribution < 1.29 is 14.3 Å². The SMILES string of the molecule is CCOc1cc2c(cc1CNC(=O)C[C@H]1C[C@@H]3CC[C@@H]1C3)O[C@H](C)C2. The van der Waals surface area contributed by atoms with Crippen molar-refractivity contribution in [2.24, 2.45) is 17.8 Å². The summed E-state index contributed by atoms with van der Waals surface area (Å²) in [6.45, 7) is 5.21. The van der Waals surface area contributed by atoms with Gasteiger partial charge < -0.3 is 14.8 Å². The Morgan fingerprint density at radius 3 is 2.92 bits per heavy atom. The monoisotopic (exact) mass is 343 g/mol. The van der Waals surface area contributed by atoms with Crippen LogP contribution < -0.4 is 14.8 Å². The largest absolute Gasteiger partial charge is 0.494 e. The van der Waals surface area contributed by atoms with E-state index in [2.05, 4.69) is 18.3 Å². The van der Waals surface area contributed by atoms with Crippen LogP contribution >= 0.6 is 0 Å². The average Bonchev–Trinajstić information content (AvgIpc) is 3.27. The van der Waals surface area contributed by atoms with Crippen LogP contribution in [0.15, 0.2) is 12.1 Å². The molecule has 4 atom stereocenters. The standard InChI is InChI=1S/C21H29NO3/c1-3-24-19-9-17-6-13(2)25-20(17)10-18(19)12-22-21(23)11-16-8-14-4-5-15(16)7-14/h9-10,13-16H,3-8,11-12H2,1-2H3,(H,22,23)/t13-,14-,15-,16-/m1/s1. The van der Waals surface area contributed by atoms with Crippen LogP contribution in [0.3, 0.4) is 0 Å². The molecule has 2 aliphatic carbocycles. The van der Waals surface area contributed by atoms with Gasteiger partial charge in [-0.15, -0.1) is 0 Å². The van der Waals surface area contributed by atoms with E-state index in [1.807, 2.05) is 13.0 Å². The lowest BCUT2D eigenvalue weighted by Gasteiger charge is -2.21. The fourth-order valence-electron chi connectivity index (χ4n) is 5.04. The van der Waals surface area contributed by atoms with Gasteiger partial charge in [0.25, 0.3) is 0 Å². The maximum Gasteiger partial charge on any atom is 0.220 e. The summed E-state index contributed by atoms with van der Waals surface area (Å²) < 4.78 is 11.7. The average molecular weight is 343 g/mol. The van der Waals surface area contributed by atoms with Crippen LogP contribution in [0.2, 0.25) is 0 Å². The lowest BCUT2D eigenvalue weighted by atomic mass is 9.86. The minimum atomic E-state index is 0.176. The smallest absolute Gasteiger partial charge is 0.220 e. The van der Waals surface area contributed by atoms with Crippen molar-refractivity contribution in [3.05, 3.63) is 23.3 Å². The number of hydrogen-bond acceptors (Lipinski definition) is 3. The molecule has 1 aliphatic heterocycles. The molecular formula is C21H29NO3. The maximum absolute atomic E-state index is 12.4. The summed E-state index contributed by atoms with van der Waals surface area (Å²) in [6.07, 6.45) is 7.15. The second-order valence-electron chi connectivity index (χ2n) is 8.05. The molecule has 2 fully saturated rings. The molecule has 0 saturated heterocycles. The molecule has 0 unspecified atom stereocenters. The molecule has 136 valence electrons. The first-order valence-corrected chi connectivity index (χ1v) is 9.84. The Hall–Kier alpha value is -1.71. The number of carbonyl (C=O) groups excluding carboxylic acids is 1. The van der Waals surface area contributed by atoms with Crippen LogP contribution in [0.5, 0.6) is 11.5 Å². The molecule has 0 spiro atoms. The van der Waals surface area contributed by atoms with E-state index < -0.39 is 0 Å². The van der Waals surface area contributed by atoms with Crippen molar-refractivity contribution in [3.8, 4) is 11.5 Å². The van der Waals surface area contributed by atoms with E-state index in [1.54, 1.807) is 0 Å². The van der Waals surface area contributed by atoms with Gasteiger partial charge in [-0.25, -0.2) is 0 Å². The van der Waals surface area contributed by atoms with Gasteiger partial charge in [0, 0.05) is 30.5 Å². The molecule has 2 bridgehead atoms. The van der Waals surface area contributed by atoms with Crippen molar-refractivity contribution in [1.29, 1.82) is 0 Å². The summed E-state index contributed by atoms with van der Waals surface area (Å²) in [4.78, 5) is 12.4. The molecule has 4 heteroatoms. The van der Waals surface area contributed by atoms with E-state index in [-0.39, 0.29) is 12.0 Å². The Morgan fingerprint density at radius 1 is 1.32 bits per heavy atom. The molecule has 1 aromatic rings. The Morgan fingerprint density at radius 2 is 2.20 bits per heavy atom. The van der Waals surface area contributed by atoms with E-state index >= 15 is 0 Å². The fourth-order valence-corrected chi connectivity index (χ4v) is 5.04. The van der Waals surface area contributed by atoms with Crippen LogP contribution in [0, 0.1) is 17.8 Å². The van der Waals surface area contributed by atoms with E-state index in [4.69, 9.17) is 9.47 Å². The van der Waals surface area contributed by atoms with Gasteiger partial charge in [-0.3, -0.25) is 4.79 Å². The first-order valence-electron chi connectivity index (χ1n) is 9.84. The Bertz CT molecular complexity index is 657. The quantitative estimate of drug-likeness (QED) is 0.853. The van der Waals surface area contributed by atoms with E-state index in [0.717, 1.165) is 35.3 Å². The maximum atomic E-state index is 12.4. The van der Waals surface area contributed by atoms with Crippen LogP contribution in [0.1, 0.15) is 57.1 Å². The Labute approximate surface area is 150 Å². The van der Waals surface area contributed by atoms with Gasteiger partial charge in [0.2, 0.25) is 5.91 Å². The van der Waals surface area contributed by atoms with Crippen LogP contribution in [0.25, 0.3) is 0 Å². The lowest BCUT2D eigenvalue weighted by molar-refractivity contribution is -0.122. The summed E-state index contributed by atoms with van der Waals surface area (Å²) in [5.74, 6) is 4.28. The van der Waals surface area contributed by atoms with Crippen molar-refractivity contribution in [2.45, 2.75) is 65.0 Å². The number of hydrogen-bond donors (Lipinski definition) is 1. The highest BCUT2D eigenvalue weighted by Crippen LogP contribution is 2.49. The molecule has 1 heterocycles. The highest BCUT2D eigenvalue weighted by atomic mass is 16.5. The highest BCUT2D eigenvalue weighted by molar-refractivity contribution is 5.76. The zero-order chi connectivity index (χ0) is 17.4. The third-order valence-corrected chi connectivity index (χ3v) is 6.19. The molecule has 4 nitrogen and oxygen atoms in total. The Balaban J connectivity index is 1.38. The van der Waals surface area contributed by atoms with Crippen molar-refractivity contribution >= 4 is 5.91 Å². The summed E-state index contributed by atoms with van der Waals surface area (Å²) in [5, 5.41) is 3.11. The Kier molecular flexibility index (Phi) is 4.61. The number of benzene rings is 1. The second-order valence-corrected chi connectivity index (χ2v) is 8.05.